The number of nitrogens with two attached hydrogens (primary N) is 1. The number of carbonyl (C=O) groups is 1. The number of nitrogens with one attached hydrogen (secondary N) is 1. The van der Waals surface area contributed by atoms with Gasteiger partial charge in [-0.3, -0.25) is 14.9 Å². The van der Waals surface area contributed by atoms with Gasteiger partial charge in [0.1, 0.15) is 11.5 Å². The van der Waals surface area contributed by atoms with Crippen LogP contribution in [0.3, 0.4) is 0 Å². The number of halogens is 1. The number of nitrogens with zero attached hydrogens (tertiary/aromatic N) is 1. The molecule has 1 aromatic rings. The van der Waals surface area contributed by atoms with Gasteiger partial charge in [0.15, 0.2) is 0 Å². The summed E-state index contributed by atoms with van der Waals surface area (Å²) in [7, 11) is 0. The van der Waals surface area contributed by atoms with Crippen molar-refractivity contribution in [3.63, 3.8) is 0 Å². The highest BCUT2D eigenvalue weighted by Gasteiger charge is 2.30. The molecule has 0 unspecified atom stereocenters. The molecule has 0 radical (unpaired) electrons. The lowest BCUT2D eigenvalue weighted by atomic mass is 9.80. The summed E-state index contributed by atoms with van der Waals surface area (Å²) in [5.41, 5.74) is 5.14. The minimum absolute atomic E-state index is 0.0840. The number of carbonyl (C=O) groups excluding carboxylic acids is 1. The van der Waals surface area contributed by atoms with Crippen molar-refractivity contribution in [3.8, 4) is 0 Å². The molecule has 114 valence electrons. The van der Waals surface area contributed by atoms with Crippen LogP contribution in [0.2, 0.25) is 0 Å². The van der Waals surface area contributed by atoms with Crippen LogP contribution < -0.4 is 11.1 Å². The summed E-state index contributed by atoms with van der Waals surface area (Å²) in [6.45, 7) is 0. The molecule has 21 heavy (non-hydrogen) atoms. The number of nitro benzene ring substituents is 1. The van der Waals surface area contributed by atoms with E-state index in [0.29, 0.717) is 0 Å². The molecule has 2 rings (SSSR count). The third-order valence-electron chi connectivity index (χ3n) is 3.79. The lowest BCUT2D eigenvalue weighted by Gasteiger charge is -2.32. The van der Waals surface area contributed by atoms with Gasteiger partial charge in [-0.2, -0.15) is 0 Å². The zero-order valence-corrected chi connectivity index (χ0v) is 11.6. The van der Waals surface area contributed by atoms with Crippen molar-refractivity contribution < 1.29 is 14.1 Å². The first-order chi connectivity index (χ1) is 9.89. The van der Waals surface area contributed by atoms with E-state index < -0.39 is 22.2 Å². The lowest BCUT2D eigenvalue weighted by Crippen LogP contribution is -2.44. The van der Waals surface area contributed by atoms with E-state index in [0.717, 1.165) is 50.3 Å². The standard InChI is InChI=1S/C14H18FN3O3/c15-10-4-5-12(18(20)21)11(8-10)17-13(19)9-14(16)6-2-1-3-7-14/h4-5,8H,1-3,6-7,9,16H2,(H,17,19). The molecule has 1 fully saturated rings. The van der Waals surface area contributed by atoms with E-state index in [9.17, 15) is 19.3 Å². The molecular weight excluding hydrogens is 277 g/mol. The van der Waals surface area contributed by atoms with Crippen molar-refractivity contribution in [1.82, 2.24) is 0 Å². The molecule has 1 saturated carbocycles. The fourth-order valence-electron chi connectivity index (χ4n) is 2.71. The van der Waals surface area contributed by atoms with Crippen LogP contribution in [0.4, 0.5) is 15.8 Å². The minimum atomic E-state index is -0.659. The Morgan fingerprint density at radius 1 is 1.38 bits per heavy atom. The quantitative estimate of drug-likeness (QED) is 0.659. The van der Waals surface area contributed by atoms with Crippen molar-refractivity contribution in [2.45, 2.75) is 44.1 Å². The van der Waals surface area contributed by atoms with E-state index in [1.807, 2.05) is 0 Å². The lowest BCUT2D eigenvalue weighted by molar-refractivity contribution is -0.384. The van der Waals surface area contributed by atoms with Crippen molar-refractivity contribution in [3.05, 3.63) is 34.1 Å². The largest absolute Gasteiger partial charge is 0.325 e. The molecule has 1 aromatic carbocycles. The monoisotopic (exact) mass is 295 g/mol. The van der Waals surface area contributed by atoms with E-state index in [-0.39, 0.29) is 17.8 Å². The van der Waals surface area contributed by atoms with Gasteiger partial charge in [-0.1, -0.05) is 19.3 Å². The van der Waals surface area contributed by atoms with Crippen LogP contribution in [-0.2, 0) is 4.79 Å². The van der Waals surface area contributed by atoms with Crippen LogP contribution in [0.15, 0.2) is 18.2 Å². The van der Waals surface area contributed by atoms with Gasteiger partial charge in [-0.15, -0.1) is 0 Å². The number of rotatable bonds is 4. The Labute approximate surface area is 121 Å². The molecule has 0 heterocycles. The number of hydrogen-bond acceptors (Lipinski definition) is 4. The Morgan fingerprint density at radius 3 is 2.67 bits per heavy atom. The second-order valence-electron chi connectivity index (χ2n) is 5.57. The van der Waals surface area contributed by atoms with E-state index in [4.69, 9.17) is 5.73 Å². The third kappa shape index (κ3) is 3.98. The fraction of sp³-hybridized carbons (Fsp3) is 0.500. The Morgan fingerprint density at radius 2 is 2.05 bits per heavy atom. The first-order valence-corrected chi connectivity index (χ1v) is 6.92. The molecule has 7 heteroatoms. The number of nitro groups is 1. The van der Waals surface area contributed by atoms with Crippen LogP contribution in [0.1, 0.15) is 38.5 Å². The summed E-state index contributed by atoms with van der Waals surface area (Å²) in [6, 6.07) is 2.96. The summed E-state index contributed by atoms with van der Waals surface area (Å²) in [4.78, 5) is 22.3. The van der Waals surface area contributed by atoms with Crippen molar-refractivity contribution in [1.29, 1.82) is 0 Å². The average molecular weight is 295 g/mol. The molecule has 0 atom stereocenters. The van der Waals surface area contributed by atoms with Crippen LogP contribution in [-0.4, -0.2) is 16.4 Å². The van der Waals surface area contributed by atoms with Gasteiger partial charge >= 0.3 is 0 Å². The van der Waals surface area contributed by atoms with E-state index >= 15 is 0 Å². The van der Waals surface area contributed by atoms with Gasteiger partial charge in [0.2, 0.25) is 5.91 Å². The first kappa shape index (κ1) is 15.4. The fourth-order valence-corrected chi connectivity index (χ4v) is 2.71. The van der Waals surface area contributed by atoms with Crippen LogP contribution in [0.5, 0.6) is 0 Å². The van der Waals surface area contributed by atoms with Gasteiger partial charge in [0.25, 0.3) is 5.69 Å². The van der Waals surface area contributed by atoms with Crippen molar-refractivity contribution in [2.24, 2.45) is 5.73 Å². The van der Waals surface area contributed by atoms with E-state index in [1.165, 1.54) is 0 Å². The molecule has 1 amide bonds. The first-order valence-electron chi connectivity index (χ1n) is 6.92. The van der Waals surface area contributed by atoms with Crippen LogP contribution in [0, 0.1) is 15.9 Å². The molecular formula is C14H18FN3O3. The Balaban J connectivity index is 2.09. The van der Waals surface area contributed by atoms with E-state index in [1.54, 1.807) is 0 Å². The van der Waals surface area contributed by atoms with Gasteiger partial charge in [0.05, 0.1) is 4.92 Å². The average Bonchev–Trinajstić information content (AvgIpc) is 2.38. The van der Waals surface area contributed by atoms with Gasteiger partial charge in [-0.25, -0.2) is 4.39 Å². The normalized spacial score (nSPS) is 17.2. The zero-order chi connectivity index (χ0) is 15.5. The summed E-state index contributed by atoms with van der Waals surface area (Å²) >= 11 is 0. The highest BCUT2D eigenvalue weighted by Crippen LogP contribution is 2.30. The van der Waals surface area contributed by atoms with Crippen molar-refractivity contribution >= 4 is 17.3 Å². The molecule has 0 spiro atoms. The molecule has 1 aliphatic rings. The Hall–Kier alpha value is -2.02. The van der Waals surface area contributed by atoms with Crippen LogP contribution >= 0.6 is 0 Å². The summed E-state index contributed by atoms with van der Waals surface area (Å²) < 4.78 is 13.2. The van der Waals surface area contributed by atoms with E-state index in [2.05, 4.69) is 5.32 Å². The third-order valence-corrected chi connectivity index (χ3v) is 3.79. The minimum Gasteiger partial charge on any atom is -0.325 e. The van der Waals surface area contributed by atoms with Gasteiger partial charge in [0, 0.05) is 24.1 Å². The number of amides is 1. The summed E-state index contributed by atoms with van der Waals surface area (Å²) in [5, 5.41) is 13.3. The molecule has 1 aliphatic carbocycles. The van der Waals surface area contributed by atoms with Gasteiger partial charge < -0.3 is 11.1 Å². The highest BCUT2D eigenvalue weighted by atomic mass is 19.1. The SMILES string of the molecule is NC1(CC(=O)Nc2cc(F)ccc2[N+](=O)[O-])CCCCC1. The molecule has 0 saturated heterocycles. The summed E-state index contributed by atoms with van der Waals surface area (Å²) in [6.07, 6.45) is 4.65. The van der Waals surface area contributed by atoms with Crippen LogP contribution in [0.25, 0.3) is 0 Å². The number of benzene rings is 1. The molecule has 6 nitrogen and oxygen atoms in total. The molecule has 0 aromatic heterocycles. The molecule has 0 bridgehead atoms. The number of anilines is 1. The molecule has 0 aliphatic heterocycles. The zero-order valence-electron chi connectivity index (χ0n) is 11.6. The molecule has 3 N–H and O–H groups in total. The van der Waals surface area contributed by atoms with Crippen molar-refractivity contribution in [2.75, 3.05) is 5.32 Å². The number of hydrogen-bond donors (Lipinski definition) is 2. The second-order valence-corrected chi connectivity index (χ2v) is 5.57. The highest BCUT2D eigenvalue weighted by molar-refractivity contribution is 5.93. The smallest absolute Gasteiger partial charge is 0.292 e. The predicted octanol–water partition coefficient (Wildman–Crippen LogP) is 2.72. The Kier molecular flexibility index (Phi) is 4.52. The predicted molar refractivity (Wildman–Crippen MR) is 76.3 cm³/mol. The van der Waals surface area contributed by atoms with Gasteiger partial charge in [-0.05, 0) is 18.9 Å². The Bertz CT molecular complexity index is 556. The topological polar surface area (TPSA) is 98.3 Å². The summed E-state index contributed by atoms with van der Waals surface area (Å²) in [5.74, 6) is -1.07. The maximum absolute atomic E-state index is 13.2. The maximum atomic E-state index is 13.2. The second kappa shape index (κ2) is 6.17. The maximum Gasteiger partial charge on any atom is 0.292 e.